The molecule has 2 aliphatic heterocycles. The SMILES string of the molecule is Nc1nc2c(c(N3CC4CCNC4C3)n1)CCCC2c1ccccc1. The smallest absolute Gasteiger partial charge is 0.222 e. The Labute approximate surface area is 148 Å². The molecule has 3 heterocycles. The maximum absolute atomic E-state index is 6.14. The zero-order valence-corrected chi connectivity index (χ0v) is 14.5. The van der Waals surface area contributed by atoms with Gasteiger partial charge in [0.2, 0.25) is 5.95 Å². The Hall–Kier alpha value is -2.14. The lowest BCUT2D eigenvalue weighted by atomic mass is 9.82. The highest BCUT2D eigenvalue weighted by Crippen LogP contribution is 2.40. The summed E-state index contributed by atoms with van der Waals surface area (Å²) in [6.45, 7) is 3.30. The molecule has 2 fully saturated rings. The molecule has 2 saturated heterocycles. The lowest BCUT2D eigenvalue weighted by molar-refractivity contribution is 0.556. The van der Waals surface area contributed by atoms with E-state index in [0.717, 1.165) is 49.9 Å². The van der Waals surface area contributed by atoms with E-state index in [1.165, 1.54) is 24.0 Å². The Morgan fingerprint density at radius 3 is 2.80 bits per heavy atom. The molecular weight excluding hydrogens is 310 g/mol. The number of benzene rings is 1. The van der Waals surface area contributed by atoms with E-state index in [1.54, 1.807) is 0 Å². The van der Waals surface area contributed by atoms with Crippen LogP contribution in [0, 0.1) is 5.92 Å². The number of anilines is 2. The fourth-order valence-corrected chi connectivity index (χ4v) is 4.95. The van der Waals surface area contributed by atoms with Crippen LogP contribution in [0.4, 0.5) is 11.8 Å². The van der Waals surface area contributed by atoms with Crippen LogP contribution >= 0.6 is 0 Å². The van der Waals surface area contributed by atoms with Crippen LogP contribution in [0.3, 0.4) is 0 Å². The Balaban J connectivity index is 1.55. The molecule has 0 spiro atoms. The summed E-state index contributed by atoms with van der Waals surface area (Å²) in [4.78, 5) is 11.8. The van der Waals surface area contributed by atoms with Crippen molar-refractivity contribution in [2.45, 2.75) is 37.6 Å². The van der Waals surface area contributed by atoms with Gasteiger partial charge in [0.15, 0.2) is 0 Å². The van der Waals surface area contributed by atoms with Crippen molar-refractivity contribution >= 4 is 11.8 Å². The average molecular weight is 335 g/mol. The molecule has 25 heavy (non-hydrogen) atoms. The minimum absolute atomic E-state index is 0.342. The van der Waals surface area contributed by atoms with Gasteiger partial charge in [-0.05, 0) is 43.7 Å². The maximum Gasteiger partial charge on any atom is 0.222 e. The molecule has 3 atom stereocenters. The molecule has 1 aromatic heterocycles. The van der Waals surface area contributed by atoms with Gasteiger partial charge >= 0.3 is 0 Å². The van der Waals surface area contributed by atoms with Gasteiger partial charge in [0.05, 0.1) is 5.69 Å². The van der Waals surface area contributed by atoms with Crippen molar-refractivity contribution in [2.75, 3.05) is 30.3 Å². The van der Waals surface area contributed by atoms with Crippen molar-refractivity contribution in [1.82, 2.24) is 15.3 Å². The fraction of sp³-hybridized carbons (Fsp3) is 0.500. The average Bonchev–Trinajstić information content (AvgIpc) is 3.23. The second kappa shape index (κ2) is 5.99. The quantitative estimate of drug-likeness (QED) is 0.882. The van der Waals surface area contributed by atoms with Gasteiger partial charge in [-0.2, -0.15) is 4.98 Å². The van der Waals surface area contributed by atoms with Crippen LogP contribution in [0.2, 0.25) is 0 Å². The second-order valence-electron chi connectivity index (χ2n) is 7.64. The summed E-state index contributed by atoms with van der Waals surface area (Å²) in [6, 6.07) is 11.3. The van der Waals surface area contributed by atoms with E-state index in [2.05, 4.69) is 45.5 Å². The zero-order chi connectivity index (χ0) is 16.8. The van der Waals surface area contributed by atoms with Crippen LogP contribution < -0.4 is 16.0 Å². The number of nitrogens with two attached hydrogens (primary N) is 1. The monoisotopic (exact) mass is 335 g/mol. The van der Waals surface area contributed by atoms with Gasteiger partial charge in [-0.3, -0.25) is 0 Å². The summed E-state index contributed by atoms with van der Waals surface area (Å²) in [5, 5.41) is 3.63. The predicted molar refractivity (Wildman–Crippen MR) is 99.8 cm³/mol. The van der Waals surface area contributed by atoms with Crippen LogP contribution in [0.1, 0.15) is 42.0 Å². The normalized spacial score (nSPS) is 28.0. The largest absolute Gasteiger partial charge is 0.368 e. The third-order valence-corrected chi connectivity index (χ3v) is 6.15. The Bertz CT molecular complexity index is 763. The third kappa shape index (κ3) is 2.58. The van der Waals surface area contributed by atoms with Gasteiger partial charge < -0.3 is 16.0 Å². The Morgan fingerprint density at radius 2 is 1.96 bits per heavy atom. The summed E-state index contributed by atoms with van der Waals surface area (Å²) in [5.74, 6) is 2.61. The van der Waals surface area contributed by atoms with Crippen molar-refractivity contribution in [3.05, 3.63) is 47.2 Å². The number of nitrogens with one attached hydrogen (secondary N) is 1. The summed E-state index contributed by atoms with van der Waals surface area (Å²) >= 11 is 0. The van der Waals surface area contributed by atoms with Gasteiger partial charge in [-0.25, -0.2) is 4.98 Å². The number of hydrogen-bond donors (Lipinski definition) is 2. The van der Waals surface area contributed by atoms with Crippen LogP contribution in [0.5, 0.6) is 0 Å². The first kappa shape index (κ1) is 15.1. The van der Waals surface area contributed by atoms with Crippen LogP contribution in [-0.4, -0.2) is 35.6 Å². The lowest BCUT2D eigenvalue weighted by Gasteiger charge is -2.29. The van der Waals surface area contributed by atoms with Crippen molar-refractivity contribution in [3.8, 4) is 0 Å². The second-order valence-corrected chi connectivity index (χ2v) is 7.64. The number of rotatable bonds is 2. The van der Waals surface area contributed by atoms with Gasteiger partial charge in [-0.15, -0.1) is 0 Å². The van der Waals surface area contributed by atoms with Gasteiger partial charge in [-0.1, -0.05) is 30.3 Å². The van der Waals surface area contributed by atoms with Gasteiger partial charge in [0.1, 0.15) is 5.82 Å². The van der Waals surface area contributed by atoms with Crippen LogP contribution in [0.25, 0.3) is 0 Å². The molecule has 0 radical (unpaired) electrons. The minimum Gasteiger partial charge on any atom is -0.368 e. The Morgan fingerprint density at radius 1 is 1.08 bits per heavy atom. The van der Waals surface area contributed by atoms with E-state index in [4.69, 9.17) is 10.7 Å². The summed E-state index contributed by atoms with van der Waals surface area (Å²) in [6.07, 6.45) is 4.66. The topological polar surface area (TPSA) is 67.1 Å². The summed E-state index contributed by atoms with van der Waals surface area (Å²) in [7, 11) is 0. The van der Waals surface area contributed by atoms with Crippen LogP contribution in [-0.2, 0) is 6.42 Å². The number of fused-ring (bicyclic) bond motifs is 2. The number of hydrogen-bond acceptors (Lipinski definition) is 5. The van der Waals surface area contributed by atoms with Crippen molar-refractivity contribution < 1.29 is 0 Å². The molecule has 5 nitrogen and oxygen atoms in total. The first-order chi connectivity index (χ1) is 12.3. The molecule has 2 aromatic rings. The van der Waals surface area contributed by atoms with Crippen molar-refractivity contribution in [2.24, 2.45) is 5.92 Å². The Kier molecular flexibility index (Phi) is 3.63. The molecule has 1 aromatic carbocycles. The number of nitrogen functional groups attached to an aromatic ring is 1. The standard InChI is InChI=1S/C20H25N5/c21-20-23-18-15(13-5-2-1-3-6-13)7-4-8-16(18)19(24-20)25-11-14-9-10-22-17(14)12-25/h1-3,5-6,14-15,17,22H,4,7-12H2,(H2,21,23,24). The zero-order valence-electron chi connectivity index (χ0n) is 14.5. The molecule has 3 unspecified atom stereocenters. The van der Waals surface area contributed by atoms with Crippen molar-refractivity contribution in [3.63, 3.8) is 0 Å². The van der Waals surface area contributed by atoms with Crippen molar-refractivity contribution in [1.29, 1.82) is 0 Å². The molecule has 0 saturated carbocycles. The highest BCUT2D eigenvalue weighted by molar-refractivity contribution is 5.56. The van der Waals surface area contributed by atoms with E-state index in [-0.39, 0.29) is 0 Å². The van der Waals surface area contributed by atoms with E-state index < -0.39 is 0 Å². The van der Waals surface area contributed by atoms with E-state index >= 15 is 0 Å². The molecule has 3 aliphatic rings. The van der Waals surface area contributed by atoms with Gasteiger partial charge in [0.25, 0.3) is 0 Å². The molecule has 5 heteroatoms. The third-order valence-electron chi connectivity index (χ3n) is 6.15. The molecule has 0 amide bonds. The van der Waals surface area contributed by atoms with Gasteiger partial charge in [0, 0.05) is 30.6 Å². The number of nitrogens with zero attached hydrogens (tertiary/aromatic N) is 3. The highest BCUT2D eigenvalue weighted by Gasteiger charge is 2.38. The molecule has 130 valence electrons. The van der Waals surface area contributed by atoms with E-state index in [1.807, 2.05) is 0 Å². The molecule has 5 rings (SSSR count). The van der Waals surface area contributed by atoms with E-state index in [0.29, 0.717) is 17.9 Å². The minimum atomic E-state index is 0.342. The fourth-order valence-electron chi connectivity index (χ4n) is 4.95. The highest BCUT2D eigenvalue weighted by atomic mass is 15.3. The van der Waals surface area contributed by atoms with Crippen LogP contribution in [0.15, 0.2) is 30.3 Å². The molecule has 1 aliphatic carbocycles. The first-order valence-electron chi connectivity index (χ1n) is 9.49. The molecule has 0 bridgehead atoms. The summed E-state index contributed by atoms with van der Waals surface area (Å²) in [5.41, 5.74) is 9.97. The predicted octanol–water partition coefficient (Wildman–Crippen LogP) is 2.33. The molecule has 3 N–H and O–H groups in total. The first-order valence-corrected chi connectivity index (χ1v) is 9.49. The lowest BCUT2D eigenvalue weighted by Crippen LogP contribution is -2.32. The molecular formula is C20H25N5. The summed E-state index contributed by atoms with van der Waals surface area (Å²) < 4.78 is 0. The number of aromatic nitrogens is 2. The maximum atomic E-state index is 6.14. The van der Waals surface area contributed by atoms with E-state index in [9.17, 15) is 0 Å².